The Balaban J connectivity index is 2.20. The van der Waals surface area contributed by atoms with E-state index in [9.17, 15) is 4.39 Å². The minimum absolute atomic E-state index is 0.347. The fourth-order valence-electron chi connectivity index (χ4n) is 1.18. The second kappa shape index (κ2) is 4.57. The highest BCUT2D eigenvalue weighted by atomic mass is 19.1. The maximum Gasteiger partial charge on any atom is 0.224 e. The number of rotatable bonds is 3. The van der Waals surface area contributed by atoms with Gasteiger partial charge in [0, 0.05) is 19.2 Å². The number of ether oxygens (including phenoxy) is 1. The van der Waals surface area contributed by atoms with E-state index in [1.807, 2.05) is 0 Å². The molecule has 0 aliphatic heterocycles. The number of benzene rings is 1. The molecule has 1 heterocycles. The van der Waals surface area contributed by atoms with Gasteiger partial charge in [-0.2, -0.15) is 0 Å². The first-order valence-corrected chi connectivity index (χ1v) is 4.71. The Kier molecular flexibility index (Phi) is 2.95. The van der Waals surface area contributed by atoms with Gasteiger partial charge in [-0.25, -0.2) is 14.4 Å². The molecule has 0 saturated heterocycles. The van der Waals surface area contributed by atoms with E-state index in [-0.39, 0.29) is 5.82 Å². The van der Waals surface area contributed by atoms with Crippen molar-refractivity contribution in [3.63, 3.8) is 0 Å². The van der Waals surface area contributed by atoms with Gasteiger partial charge in [-0.1, -0.05) is 6.07 Å². The zero-order valence-electron chi connectivity index (χ0n) is 8.64. The smallest absolute Gasteiger partial charge is 0.224 e. The van der Waals surface area contributed by atoms with Gasteiger partial charge in [0.2, 0.25) is 5.88 Å². The molecule has 0 atom stereocenters. The summed E-state index contributed by atoms with van der Waals surface area (Å²) in [6.07, 6.45) is 1.38. The molecule has 5 heteroatoms. The number of halogens is 1. The molecule has 1 N–H and O–H groups in total. The fraction of sp³-hybridized carbons (Fsp3) is 0.0909. The van der Waals surface area contributed by atoms with Crippen LogP contribution in [-0.2, 0) is 0 Å². The summed E-state index contributed by atoms with van der Waals surface area (Å²) >= 11 is 0. The lowest BCUT2D eigenvalue weighted by Gasteiger charge is -2.05. The Bertz CT molecular complexity index is 490. The highest BCUT2D eigenvalue weighted by Crippen LogP contribution is 2.20. The third-order valence-electron chi connectivity index (χ3n) is 1.92. The van der Waals surface area contributed by atoms with Gasteiger partial charge < -0.3 is 10.1 Å². The normalized spacial score (nSPS) is 9.88. The van der Waals surface area contributed by atoms with Gasteiger partial charge in [0.25, 0.3) is 0 Å². The first-order chi connectivity index (χ1) is 7.78. The number of nitrogens with zero attached hydrogens (tertiary/aromatic N) is 2. The Morgan fingerprint density at radius 2 is 2.12 bits per heavy atom. The Morgan fingerprint density at radius 3 is 2.88 bits per heavy atom. The largest absolute Gasteiger partial charge is 0.439 e. The predicted octanol–water partition coefficient (Wildman–Crippen LogP) is 2.45. The zero-order chi connectivity index (χ0) is 11.4. The summed E-state index contributed by atoms with van der Waals surface area (Å²) in [5.74, 6) is 1.06. The van der Waals surface area contributed by atoms with Crippen LogP contribution in [0.25, 0.3) is 0 Å². The molecule has 0 aliphatic carbocycles. The van der Waals surface area contributed by atoms with Gasteiger partial charge in [0.1, 0.15) is 23.7 Å². The van der Waals surface area contributed by atoms with Gasteiger partial charge >= 0.3 is 0 Å². The summed E-state index contributed by atoms with van der Waals surface area (Å²) in [6.45, 7) is 0. The van der Waals surface area contributed by atoms with E-state index in [0.717, 1.165) is 0 Å². The average Bonchev–Trinajstić information content (AvgIpc) is 2.29. The topological polar surface area (TPSA) is 47.0 Å². The molecule has 2 aromatic rings. The Hall–Kier alpha value is -2.17. The molecule has 1 aromatic heterocycles. The van der Waals surface area contributed by atoms with E-state index in [0.29, 0.717) is 17.4 Å². The molecule has 0 aliphatic rings. The molecular weight excluding hydrogens is 209 g/mol. The molecule has 2 rings (SSSR count). The van der Waals surface area contributed by atoms with Crippen LogP contribution in [-0.4, -0.2) is 17.0 Å². The highest BCUT2D eigenvalue weighted by Gasteiger charge is 2.01. The molecule has 0 fully saturated rings. The Morgan fingerprint density at radius 1 is 1.25 bits per heavy atom. The van der Waals surface area contributed by atoms with Gasteiger partial charge in [0.15, 0.2) is 0 Å². The van der Waals surface area contributed by atoms with E-state index in [1.165, 1.54) is 18.5 Å². The van der Waals surface area contributed by atoms with Crippen molar-refractivity contribution in [2.24, 2.45) is 0 Å². The third-order valence-corrected chi connectivity index (χ3v) is 1.92. The lowest BCUT2D eigenvalue weighted by atomic mass is 10.3. The number of nitrogens with one attached hydrogen (secondary N) is 1. The van der Waals surface area contributed by atoms with Gasteiger partial charge in [0.05, 0.1) is 0 Å². The van der Waals surface area contributed by atoms with Crippen LogP contribution in [0.1, 0.15) is 0 Å². The van der Waals surface area contributed by atoms with Crippen molar-refractivity contribution in [1.29, 1.82) is 0 Å². The van der Waals surface area contributed by atoms with Crippen molar-refractivity contribution >= 4 is 5.82 Å². The van der Waals surface area contributed by atoms with Gasteiger partial charge in [-0.05, 0) is 12.1 Å². The first-order valence-electron chi connectivity index (χ1n) is 4.71. The summed E-state index contributed by atoms with van der Waals surface area (Å²) in [7, 11) is 1.74. The van der Waals surface area contributed by atoms with Crippen LogP contribution < -0.4 is 10.1 Å². The van der Waals surface area contributed by atoms with Crippen molar-refractivity contribution in [3.05, 3.63) is 42.5 Å². The second-order valence-corrected chi connectivity index (χ2v) is 3.05. The monoisotopic (exact) mass is 219 g/mol. The van der Waals surface area contributed by atoms with Crippen LogP contribution >= 0.6 is 0 Å². The van der Waals surface area contributed by atoms with Crippen LogP contribution in [0.4, 0.5) is 10.2 Å². The van der Waals surface area contributed by atoms with E-state index in [4.69, 9.17) is 4.74 Å². The van der Waals surface area contributed by atoms with Gasteiger partial charge in [-0.15, -0.1) is 0 Å². The van der Waals surface area contributed by atoms with Crippen molar-refractivity contribution < 1.29 is 9.13 Å². The van der Waals surface area contributed by atoms with Crippen LogP contribution in [0.2, 0.25) is 0 Å². The molecule has 0 saturated carbocycles. The minimum Gasteiger partial charge on any atom is -0.439 e. The Labute approximate surface area is 92.1 Å². The van der Waals surface area contributed by atoms with Crippen molar-refractivity contribution in [2.75, 3.05) is 12.4 Å². The highest BCUT2D eigenvalue weighted by molar-refractivity contribution is 5.38. The van der Waals surface area contributed by atoms with E-state index >= 15 is 0 Å². The number of anilines is 1. The number of hydrogen-bond donors (Lipinski definition) is 1. The second-order valence-electron chi connectivity index (χ2n) is 3.05. The van der Waals surface area contributed by atoms with E-state index < -0.39 is 0 Å². The third kappa shape index (κ3) is 2.44. The minimum atomic E-state index is -0.347. The molecule has 82 valence electrons. The summed E-state index contributed by atoms with van der Waals surface area (Å²) < 4.78 is 18.3. The summed E-state index contributed by atoms with van der Waals surface area (Å²) in [4.78, 5) is 7.86. The summed E-state index contributed by atoms with van der Waals surface area (Å²) in [5.41, 5.74) is 0. The molecule has 1 aromatic carbocycles. The van der Waals surface area contributed by atoms with Crippen molar-refractivity contribution in [2.45, 2.75) is 0 Å². The molecular formula is C11H10FN3O. The molecule has 0 spiro atoms. The molecule has 16 heavy (non-hydrogen) atoms. The predicted molar refractivity (Wildman–Crippen MR) is 58.1 cm³/mol. The summed E-state index contributed by atoms with van der Waals surface area (Å²) in [6, 6.07) is 7.51. The standard InChI is InChI=1S/C11H10FN3O/c1-13-10-6-11(15-7-14-10)16-9-4-2-3-8(12)5-9/h2-7H,1H3,(H,13,14,15). The number of hydrogen-bond acceptors (Lipinski definition) is 4. The fourth-order valence-corrected chi connectivity index (χ4v) is 1.18. The van der Waals surface area contributed by atoms with E-state index in [1.54, 1.807) is 25.2 Å². The lowest BCUT2D eigenvalue weighted by Crippen LogP contribution is -1.95. The SMILES string of the molecule is CNc1cc(Oc2cccc(F)c2)ncn1. The van der Waals surface area contributed by atoms with Crippen LogP contribution in [0.5, 0.6) is 11.6 Å². The molecule has 0 radical (unpaired) electrons. The first kappa shape index (κ1) is 10.4. The quantitative estimate of drug-likeness (QED) is 0.861. The van der Waals surface area contributed by atoms with E-state index in [2.05, 4.69) is 15.3 Å². The van der Waals surface area contributed by atoms with Crippen LogP contribution in [0.3, 0.4) is 0 Å². The van der Waals surface area contributed by atoms with Crippen LogP contribution in [0.15, 0.2) is 36.7 Å². The lowest BCUT2D eigenvalue weighted by molar-refractivity contribution is 0.457. The maximum absolute atomic E-state index is 12.9. The number of aromatic nitrogens is 2. The maximum atomic E-state index is 12.9. The molecule has 4 nitrogen and oxygen atoms in total. The van der Waals surface area contributed by atoms with Gasteiger partial charge in [-0.3, -0.25) is 0 Å². The average molecular weight is 219 g/mol. The van der Waals surface area contributed by atoms with Crippen molar-refractivity contribution in [1.82, 2.24) is 9.97 Å². The summed E-state index contributed by atoms with van der Waals surface area (Å²) in [5, 5.41) is 2.86. The van der Waals surface area contributed by atoms with Crippen LogP contribution in [0, 0.1) is 5.82 Å². The molecule has 0 unspecified atom stereocenters. The zero-order valence-corrected chi connectivity index (χ0v) is 8.64. The molecule has 0 bridgehead atoms. The molecule has 0 amide bonds. The van der Waals surface area contributed by atoms with Crippen molar-refractivity contribution in [3.8, 4) is 11.6 Å².